The Labute approximate surface area is 151 Å². The molecule has 25 heavy (non-hydrogen) atoms. The first kappa shape index (κ1) is 15.5. The molecule has 2 heterocycles. The first-order chi connectivity index (χ1) is 12.4. The van der Waals surface area contributed by atoms with E-state index in [1.54, 1.807) is 5.56 Å². The van der Waals surface area contributed by atoms with E-state index < -0.39 is 0 Å². The molecule has 2 unspecified atom stereocenters. The molecule has 2 aliphatic heterocycles. The van der Waals surface area contributed by atoms with Crippen LogP contribution < -0.4 is 4.90 Å². The Hall–Kier alpha value is -1.80. The predicted octanol–water partition coefficient (Wildman–Crippen LogP) is 5.19. The second-order valence-corrected chi connectivity index (χ2v) is 8.14. The number of anilines is 2. The van der Waals surface area contributed by atoms with Gasteiger partial charge in [0.05, 0.1) is 0 Å². The smallest absolute Gasteiger partial charge is 0.0450 e. The normalized spacial score (nSPS) is 26.6. The monoisotopic (exact) mass is 332 g/mol. The molecule has 2 fully saturated rings. The molecule has 0 spiro atoms. The standard InChI is InChI=1S/C23H28N2/c1-2-10-19(11-3-1)25-22-13-7-6-12-20(22)21-17-24(15-14-23(21)25)16-18-8-4-5-9-18/h1-3,6-7,10-13,18,21,23H,4-5,8-9,14-17H2. The summed E-state index contributed by atoms with van der Waals surface area (Å²) in [4.78, 5) is 5.38. The second-order valence-electron chi connectivity index (χ2n) is 8.14. The molecule has 130 valence electrons. The predicted molar refractivity (Wildman–Crippen MR) is 105 cm³/mol. The molecule has 0 amide bonds. The number of likely N-dealkylation sites (tertiary alicyclic amines) is 1. The summed E-state index contributed by atoms with van der Waals surface area (Å²) in [7, 11) is 0. The van der Waals surface area contributed by atoms with Crippen molar-refractivity contribution < 1.29 is 0 Å². The van der Waals surface area contributed by atoms with Gasteiger partial charge >= 0.3 is 0 Å². The Bertz CT molecular complexity index is 720. The summed E-state index contributed by atoms with van der Waals surface area (Å²) < 4.78 is 0. The lowest BCUT2D eigenvalue weighted by Gasteiger charge is -2.40. The van der Waals surface area contributed by atoms with Crippen LogP contribution in [-0.4, -0.2) is 30.6 Å². The van der Waals surface area contributed by atoms with E-state index in [-0.39, 0.29) is 0 Å². The van der Waals surface area contributed by atoms with Gasteiger partial charge in [-0.05, 0) is 48.9 Å². The number of hydrogen-bond acceptors (Lipinski definition) is 2. The minimum Gasteiger partial charge on any atom is -0.337 e. The van der Waals surface area contributed by atoms with Crippen LogP contribution in [-0.2, 0) is 0 Å². The highest BCUT2D eigenvalue weighted by Crippen LogP contribution is 2.48. The van der Waals surface area contributed by atoms with E-state index in [0.29, 0.717) is 12.0 Å². The number of rotatable bonds is 3. The third kappa shape index (κ3) is 2.77. The Morgan fingerprint density at radius 1 is 0.840 bits per heavy atom. The van der Waals surface area contributed by atoms with Gasteiger partial charge in [0, 0.05) is 43.0 Å². The highest BCUT2D eigenvalue weighted by atomic mass is 15.2. The maximum atomic E-state index is 2.77. The first-order valence-electron chi connectivity index (χ1n) is 10.1. The van der Waals surface area contributed by atoms with Crippen molar-refractivity contribution >= 4 is 11.4 Å². The molecule has 2 atom stereocenters. The summed E-state index contributed by atoms with van der Waals surface area (Å²) in [6, 6.07) is 20.7. The topological polar surface area (TPSA) is 6.48 Å². The number of hydrogen-bond donors (Lipinski definition) is 0. The van der Waals surface area contributed by atoms with Crippen LogP contribution in [0.15, 0.2) is 54.6 Å². The van der Waals surface area contributed by atoms with Crippen molar-refractivity contribution in [3.8, 4) is 0 Å². The lowest BCUT2D eigenvalue weighted by atomic mass is 9.88. The van der Waals surface area contributed by atoms with Gasteiger partial charge in [-0.2, -0.15) is 0 Å². The summed E-state index contributed by atoms with van der Waals surface area (Å²) >= 11 is 0. The summed E-state index contributed by atoms with van der Waals surface area (Å²) in [5, 5.41) is 0. The molecule has 0 N–H and O–H groups in total. The van der Waals surface area contributed by atoms with Crippen LogP contribution in [0, 0.1) is 5.92 Å². The fourth-order valence-electron chi connectivity index (χ4n) is 5.46. The van der Waals surface area contributed by atoms with Crippen molar-refractivity contribution in [2.75, 3.05) is 24.5 Å². The van der Waals surface area contributed by atoms with Crippen molar-refractivity contribution in [1.29, 1.82) is 0 Å². The van der Waals surface area contributed by atoms with Crippen LogP contribution in [0.4, 0.5) is 11.4 Å². The maximum absolute atomic E-state index is 2.77. The van der Waals surface area contributed by atoms with E-state index in [1.165, 1.54) is 63.1 Å². The maximum Gasteiger partial charge on any atom is 0.0450 e. The zero-order chi connectivity index (χ0) is 16.6. The number of nitrogens with zero attached hydrogens (tertiary/aromatic N) is 2. The van der Waals surface area contributed by atoms with Gasteiger partial charge in [-0.1, -0.05) is 49.2 Å². The largest absolute Gasteiger partial charge is 0.337 e. The van der Waals surface area contributed by atoms with Gasteiger partial charge < -0.3 is 9.80 Å². The van der Waals surface area contributed by atoms with E-state index in [4.69, 9.17) is 0 Å². The molecule has 1 saturated heterocycles. The SMILES string of the molecule is c1ccc(N2c3ccccc3C3CN(CC4CCCC4)CCC32)cc1. The number of para-hydroxylation sites is 2. The third-order valence-corrected chi connectivity index (χ3v) is 6.61. The van der Waals surface area contributed by atoms with Gasteiger partial charge in [-0.25, -0.2) is 0 Å². The average molecular weight is 332 g/mol. The van der Waals surface area contributed by atoms with Gasteiger partial charge in [0.1, 0.15) is 0 Å². The summed E-state index contributed by atoms with van der Waals surface area (Å²) in [6.45, 7) is 3.83. The van der Waals surface area contributed by atoms with Crippen molar-refractivity contribution in [2.45, 2.75) is 44.1 Å². The zero-order valence-electron chi connectivity index (χ0n) is 15.0. The molecule has 0 bridgehead atoms. The average Bonchev–Trinajstić information content (AvgIpc) is 3.28. The highest BCUT2D eigenvalue weighted by Gasteiger charge is 2.42. The fraction of sp³-hybridized carbons (Fsp3) is 0.478. The van der Waals surface area contributed by atoms with E-state index in [0.717, 1.165) is 5.92 Å². The summed E-state index contributed by atoms with van der Waals surface area (Å²) in [5.74, 6) is 1.62. The van der Waals surface area contributed by atoms with Crippen LogP contribution >= 0.6 is 0 Å². The second kappa shape index (κ2) is 6.49. The van der Waals surface area contributed by atoms with Gasteiger partial charge in [-0.3, -0.25) is 0 Å². The quantitative estimate of drug-likeness (QED) is 0.763. The molecular weight excluding hydrogens is 304 g/mol. The van der Waals surface area contributed by atoms with Crippen LogP contribution in [0.5, 0.6) is 0 Å². The lowest BCUT2D eigenvalue weighted by molar-refractivity contribution is 0.171. The van der Waals surface area contributed by atoms with Crippen LogP contribution in [0.25, 0.3) is 0 Å². The molecule has 2 heteroatoms. The molecule has 2 nitrogen and oxygen atoms in total. The number of piperidine rings is 1. The Morgan fingerprint density at radius 3 is 2.44 bits per heavy atom. The minimum absolute atomic E-state index is 0.625. The van der Waals surface area contributed by atoms with E-state index >= 15 is 0 Å². The molecule has 1 saturated carbocycles. The van der Waals surface area contributed by atoms with Crippen molar-refractivity contribution in [1.82, 2.24) is 4.90 Å². The van der Waals surface area contributed by atoms with E-state index in [1.807, 2.05) is 0 Å². The summed E-state index contributed by atoms with van der Waals surface area (Å²) in [5.41, 5.74) is 4.35. The van der Waals surface area contributed by atoms with Crippen molar-refractivity contribution in [2.24, 2.45) is 5.92 Å². The molecule has 3 aliphatic rings. The number of fused-ring (bicyclic) bond motifs is 3. The molecule has 1 aliphatic carbocycles. The number of benzene rings is 2. The Balaban J connectivity index is 1.43. The van der Waals surface area contributed by atoms with Gasteiger partial charge in [-0.15, -0.1) is 0 Å². The van der Waals surface area contributed by atoms with Crippen molar-refractivity contribution in [3.63, 3.8) is 0 Å². The van der Waals surface area contributed by atoms with E-state index in [2.05, 4.69) is 64.4 Å². The molecule has 0 radical (unpaired) electrons. The van der Waals surface area contributed by atoms with Crippen LogP contribution in [0.2, 0.25) is 0 Å². The van der Waals surface area contributed by atoms with Crippen LogP contribution in [0.1, 0.15) is 43.6 Å². The lowest BCUT2D eigenvalue weighted by Crippen LogP contribution is -2.46. The minimum atomic E-state index is 0.625. The first-order valence-corrected chi connectivity index (χ1v) is 10.1. The van der Waals surface area contributed by atoms with Crippen LogP contribution in [0.3, 0.4) is 0 Å². The fourth-order valence-corrected chi connectivity index (χ4v) is 5.46. The van der Waals surface area contributed by atoms with Gasteiger partial charge in [0.15, 0.2) is 0 Å². The van der Waals surface area contributed by atoms with Gasteiger partial charge in [0.25, 0.3) is 0 Å². The Kier molecular flexibility index (Phi) is 4.01. The molecule has 5 rings (SSSR count). The Morgan fingerprint density at radius 2 is 1.60 bits per heavy atom. The van der Waals surface area contributed by atoms with Gasteiger partial charge in [0.2, 0.25) is 0 Å². The zero-order valence-corrected chi connectivity index (χ0v) is 15.0. The third-order valence-electron chi connectivity index (χ3n) is 6.61. The highest BCUT2D eigenvalue weighted by molar-refractivity contribution is 5.72. The summed E-state index contributed by atoms with van der Waals surface area (Å²) in [6.07, 6.45) is 7.10. The molecule has 0 aromatic heterocycles. The molecule has 2 aromatic rings. The van der Waals surface area contributed by atoms with Crippen molar-refractivity contribution in [3.05, 3.63) is 60.2 Å². The molecule has 2 aromatic carbocycles. The molecular formula is C23H28N2. The van der Waals surface area contributed by atoms with E-state index in [9.17, 15) is 0 Å².